The van der Waals surface area contributed by atoms with Crippen LogP contribution >= 0.6 is 23.2 Å². The number of rotatable bonds is 6. The summed E-state index contributed by atoms with van der Waals surface area (Å²) in [6.07, 6.45) is 5.77. The van der Waals surface area contributed by atoms with Gasteiger partial charge in [-0.1, -0.05) is 47.5 Å². The topological polar surface area (TPSA) is 185 Å². The fraction of sp³-hybridized carbons (Fsp3) is 0. The summed E-state index contributed by atoms with van der Waals surface area (Å²) in [5, 5.41) is 38.5. The van der Waals surface area contributed by atoms with Crippen molar-refractivity contribution in [3.05, 3.63) is 118 Å². The molecule has 197 valence electrons. The molecule has 4 aromatic rings. The van der Waals surface area contributed by atoms with Gasteiger partial charge in [-0.15, -0.1) is 0 Å². The minimum absolute atomic E-state index is 0. The smallest absolute Gasteiger partial charge is 0.857 e. The van der Waals surface area contributed by atoms with Crippen molar-refractivity contribution in [1.29, 1.82) is 0 Å². The number of furan rings is 2. The van der Waals surface area contributed by atoms with E-state index in [1.165, 1.54) is 25.0 Å². The van der Waals surface area contributed by atoms with Gasteiger partial charge < -0.3 is 30.0 Å². The first kappa shape index (κ1) is 33.3. The maximum atomic E-state index is 11.5. The molecule has 0 aliphatic carbocycles. The first-order valence-corrected chi connectivity index (χ1v) is 10.4. The second kappa shape index (κ2) is 17.7. The molecule has 0 saturated heterocycles. The maximum Gasteiger partial charge on any atom is 2.00 e. The fourth-order valence-electron chi connectivity index (χ4n) is 2.31. The van der Waals surface area contributed by atoms with Crippen LogP contribution in [0.15, 0.2) is 115 Å². The molecule has 2 aromatic carbocycles. The minimum atomic E-state index is -0.426. The first-order valence-electron chi connectivity index (χ1n) is 9.66. The molecule has 0 aliphatic rings. The largest absolute Gasteiger partial charge is 2.00 e. The summed E-state index contributed by atoms with van der Waals surface area (Å²) in [7, 11) is 0. The van der Waals surface area contributed by atoms with Gasteiger partial charge in [0, 0.05) is 21.8 Å². The van der Waals surface area contributed by atoms with E-state index in [1.807, 2.05) is 0 Å². The van der Waals surface area contributed by atoms with E-state index in [4.69, 9.17) is 32.0 Å². The zero-order chi connectivity index (χ0) is 24.2. The van der Waals surface area contributed by atoms with E-state index in [2.05, 4.69) is 20.4 Å². The molecule has 0 fully saturated rings. The third-order valence-corrected chi connectivity index (χ3v) is 4.44. The zero-order valence-electron chi connectivity index (χ0n) is 18.7. The SMILES string of the molecule is O.O.[Cu+2].[O-]/C(=N\N=C\c1ccco1)c1ccc(Cl)cc1.[O-]/C(=N\N=C\c1ccco1)c1ccc(Cl)cc1. The van der Waals surface area contributed by atoms with Gasteiger partial charge in [-0.25, -0.2) is 0 Å². The molecule has 0 aliphatic heterocycles. The van der Waals surface area contributed by atoms with Crippen molar-refractivity contribution in [1.82, 2.24) is 0 Å². The van der Waals surface area contributed by atoms with Crippen LogP contribution in [-0.4, -0.2) is 35.2 Å². The summed E-state index contributed by atoms with van der Waals surface area (Å²) in [5.41, 5.74) is 0.872. The summed E-state index contributed by atoms with van der Waals surface area (Å²) < 4.78 is 10.00. The van der Waals surface area contributed by atoms with Crippen LogP contribution in [0.2, 0.25) is 10.0 Å². The molecule has 0 unspecified atom stereocenters. The van der Waals surface area contributed by atoms with Crippen LogP contribution in [0.3, 0.4) is 0 Å². The van der Waals surface area contributed by atoms with E-state index >= 15 is 0 Å². The van der Waals surface area contributed by atoms with Crippen LogP contribution in [0.25, 0.3) is 0 Å². The van der Waals surface area contributed by atoms with Gasteiger partial charge in [-0.3, -0.25) is 0 Å². The number of hydrogen-bond acceptors (Lipinski definition) is 8. The number of halogens is 2. The second-order valence-electron chi connectivity index (χ2n) is 6.34. The summed E-state index contributed by atoms with van der Waals surface area (Å²) in [5.74, 6) is 0.226. The number of nitrogens with zero attached hydrogens (tertiary/aromatic N) is 4. The Morgan fingerprint density at radius 3 is 1.27 bits per heavy atom. The second-order valence-corrected chi connectivity index (χ2v) is 7.22. The van der Waals surface area contributed by atoms with E-state index in [1.54, 1.807) is 72.8 Å². The standard InChI is InChI=1S/2C12H9ClN2O2.Cu.2H2O/c2*13-10-5-3-9(4-6-10)12(16)15-14-8-11-2-1-7-17-11;;;/h2*1-8H,(H,15,16);;2*1H2/q;;+2;;/p-2/b2*14-8+;;;. The first-order chi connectivity index (χ1) is 16.5. The molecule has 4 N–H and O–H groups in total. The zero-order valence-corrected chi connectivity index (χ0v) is 21.2. The Labute approximate surface area is 232 Å². The van der Waals surface area contributed by atoms with E-state index in [0.29, 0.717) is 32.7 Å². The Bertz CT molecular complexity index is 1170. The van der Waals surface area contributed by atoms with Crippen LogP contribution in [0, 0.1) is 0 Å². The minimum Gasteiger partial charge on any atom is -0.857 e. The molecule has 13 heteroatoms. The van der Waals surface area contributed by atoms with Crippen LogP contribution in [0.4, 0.5) is 0 Å². The number of hydrogen-bond donors (Lipinski definition) is 0. The van der Waals surface area contributed by atoms with Crippen molar-refractivity contribution in [3.63, 3.8) is 0 Å². The molecule has 0 spiro atoms. The van der Waals surface area contributed by atoms with Gasteiger partial charge in [0.1, 0.15) is 11.5 Å². The normalized spacial score (nSPS) is 11.2. The van der Waals surface area contributed by atoms with Crippen molar-refractivity contribution in [2.75, 3.05) is 0 Å². The quantitative estimate of drug-likeness (QED) is 0.144. The molecule has 0 amide bonds. The van der Waals surface area contributed by atoms with Crippen molar-refractivity contribution in [2.45, 2.75) is 0 Å². The van der Waals surface area contributed by atoms with E-state index in [-0.39, 0.29) is 28.0 Å². The van der Waals surface area contributed by atoms with Crippen LogP contribution in [-0.2, 0) is 17.1 Å². The van der Waals surface area contributed by atoms with Crippen molar-refractivity contribution >= 4 is 47.4 Å². The molecule has 0 atom stereocenters. The molecule has 37 heavy (non-hydrogen) atoms. The Morgan fingerprint density at radius 1 is 0.622 bits per heavy atom. The average molecular weight is 595 g/mol. The van der Waals surface area contributed by atoms with E-state index < -0.39 is 11.8 Å². The van der Waals surface area contributed by atoms with Gasteiger partial charge in [0.05, 0.1) is 25.0 Å². The van der Waals surface area contributed by atoms with E-state index in [9.17, 15) is 10.2 Å². The van der Waals surface area contributed by atoms with Crippen LogP contribution in [0.5, 0.6) is 0 Å². The molecule has 0 saturated carbocycles. The van der Waals surface area contributed by atoms with Crippen LogP contribution < -0.4 is 10.2 Å². The summed E-state index contributed by atoms with van der Waals surface area (Å²) in [6.45, 7) is 0. The van der Waals surface area contributed by atoms with Gasteiger partial charge >= 0.3 is 17.1 Å². The Morgan fingerprint density at radius 2 is 0.973 bits per heavy atom. The molecule has 0 bridgehead atoms. The molecule has 1 radical (unpaired) electrons. The molecule has 2 heterocycles. The van der Waals surface area contributed by atoms with Gasteiger partial charge in [-0.2, -0.15) is 20.4 Å². The fourth-order valence-corrected chi connectivity index (χ4v) is 2.56. The monoisotopic (exact) mass is 593 g/mol. The van der Waals surface area contributed by atoms with Gasteiger partial charge in [0.15, 0.2) is 0 Å². The van der Waals surface area contributed by atoms with Gasteiger partial charge in [0.2, 0.25) is 0 Å². The summed E-state index contributed by atoms with van der Waals surface area (Å²) >= 11 is 11.4. The average Bonchev–Trinajstić information content (AvgIpc) is 3.55. The Balaban J connectivity index is 0.000000648. The molecule has 2 aromatic heterocycles. The number of benzene rings is 2. The molecule has 10 nitrogen and oxygen atoms in total. The van der Waals surface area contributed by atoms with Crippen molar-refractivity contribution in [2.24, 2.45) is 20.4 Å². The van der Waals surface area contributed by atoms with E-state index in [0.717, 1.165) is 0 Å². The Hall–Kier alpha value is -3.70. The van der Waals surface area contributed by atoms with Crippen molar-refractivity contribution < 1.29 is 47.1 Å². The Kier molecular flexibility index (Phi) is 15.9. The molecular formula is C24H20Cl2CuN4O6. The summed E-state index contributed by atoms with van der Waals surface area (Å²) in [6, 6.07) is 19.8. The maximum absolute atomic E-state index is 11.5. The third kappa shape index (κ3) is 11.7. The molecular weight excluding hydrogens is 575 g/mol. The van der Waals surface area contributed by atoms with Crippen molar-refractivity contribution in [3.8, 4) is 0 Å². The van der Waals surface area contributed by atoms with Gasteiger partial charge in [-0.05, 0) is 59.7 Å². The predicted molar refractivity (Wildman–Crippen MR) is 136 cm³/mol. The third-order valence-electron chi connectivity index (χ3n) is 3.94. The van der Waals surface area contributed by atoms with Gasteiger partial charge in [0.25, 0.3) is 0 Å². The predicted octanol–water partition coefficient (Wildman–Crippen LogP) is 2.50. The summed E-state index contributed by atoms with van der Waals surface area (Å²) in [4.78, 5) is 0. The molecule has 4 rings (SSSR count). The van der Waals surface area contributed by atoms with Crippen LogP contribution in [0.1, 0.15) is 22.6 Å².